The Morgan fingerprint density at radius 2 is 1.72 bits per heavy atom. The molecule has 0 aromatic heterocycles. The summed E-state index contributed by atoms with van der Waals surface area (Å²) < 4.78 is 5.39. The number of hydrogen-bond acceptors (Lipinski definition) is 3. The van der Waals surface area contributed by atoms with E-state index in [1.165, 1.54) is 16.8 Å². The maximum atomic E-state index is 6.02. The molecule has 5 heteroatoms. The number of nitrogens with two attached hydrogens (primary N) is 1. The van der Waals surface area contributed by atoms with Gasteiger partial charge in [0.15, 0.2) is 5.96 Å². The summed E-state index contributed by atoms with van der Waals surface area (Å²) in [5, 5.41) is 3.16. The average molecular weight is 338 g/mol. The fourth-order valence-corrected chi connectivity index (χ4v) is 3.04. The van der Waals surface area contributed by atoms with Gasteiger partial charge in [-0.3, -0.25) is 0 Å². The molecule has 0 aliphatic carbocycles. The summed E-state index contributed by atoms with van der Waals surface area (Å²) in [6.07, 6.45) is 0. The van der Waals surface area contributed by atoms with Gasteiger partial charge < -0.3 is 20.7 Å². The maximum absolute atomic E-state index is 6.02. The molecule has 1 fully saturated rings. The molecule has 0 spiro atoms. The zero-order valence-electron chi connectivity index (χ0n) is 15.0. The lowest BCUT2D eigenvalue weighted by molar-refractivity contribution is 0.122. The smallest absolute Gasteiger partial charge is 0.193 e. The second-order valence-corrected chi connectivity index (χ2v) is 6.47. The van der Waals surface area contributed by atoms with E-state index in [0.29, 0.717) is 12.5 Å². The highest BCUT2D eigenvalue weighted by Gasteiger charge is 2.10. The van der Waals surface area contributed by atoms with Gasteiger partial charge in [0.2, 0.25) is 0 Å². The second kappa shape index (κ2) is 8.03. The molecule has 0 amide bonds. The topological polar surface area (TPSA) is 62.9 Å². The highest BCUT2D eigenvalue weighted by Crippen LogP contribution is 2.17. The molecule has 0 bridgehead atoms. The average Bonchev–Trinajstić information content (AvgIpc) is 2.60. The second-order valence-electron chi connectivity index (χ2n) is 6.47. The van der Waals surface area contributed by atoms with Gasteiger partial charge in [-0.2, -0.15) is 0 Å². The Labute approximate surface area is 149 Å². The van der Waals surface area contributed by atoms with Crippen molar-refractivity contribution >= 4 is 17.3 Å². The van der Waals surface area contributed by atoms with Gasteiger partial charge in [0.25, 0.3) is 0 Å². The number of morpholine rings is 1. The molecular formula is C20H26N4O. The highest BCUT2D eigenvalue weighted by molar-refractivity contribution is 5.92. The SMILES string of the molecule is Cc1cc(C)cc(NC(N)=NCc2ccc(N3CCOCC3)cc2)c1. The Morgan fingerprint density at radius 3 is 2.36 bits per heavy atom. The molecule has 1 aliphatic heterocycles. The van der Waals surface area contributed by atoms with Crippen LogP contribution in [0.1, 0.15) is 16.7 Å². The predicted molar refractivity (Wildman–Crippen MR) is 104 cm³/mol. The number of guanidine groups is 1. The number of benzene rings is 2. The minimum atomic E-state index is 0.433. The summed E-state index contributed by atoms with van der Waals surface area (Å²) in [7, 11) is 0. The summed E-state index contributed by atoms with van der Waals surface area (Å²) >= 11 is 0. The lowest BCUT2D eigenvalue weighted by atomic mass is 10.1. The van der Waals surface area contributed by atoms with Crippen molar-refractivity contribution in [2.45, 2.75) is 20.4 Å². The molecule has 0 unspecified atom stereocenters. The Bertz CT molecular complexity index is 714. The summed E-state index contributed by atoms with van der Waals surface area (Å²) in [6, 6.07) is 14.8. The predicted octanol–water partition coefficient (Wildman–Crippen LogP) is 3.07. The first-order valence-electron chi connectivity index (χ1n) is 8.67. The molecule has 1 saturated heterocycles. The van der Waals surface area contributed by atoms with Crippen LogP contribution < -0.4 is 16.0 Å². The van der Waals surface area contributed by atoms with E-state index >= 15 is 0 Å². The van der Waals surface area contributed by atoms with Gasteiger partial charge in [0.1, 0.15) is 0 Å². The number of aliphatic imine (C=N–C) groups is 1. The molecule has 3 rings (SSSR count). The van der Waals surface area contributed by atoms with E-state index in [4.69, 9.17) is 10.5 Å². The third-order valence-corrected chi connectivity index (χ3v) is 4.24. The van der Waals surface area contributed by atoms with E-state index in [1.54, 1.807) is 0 Å². The molecule has 1 aliphatic rings. The van der Waals surface area contributed by atoms with Crippen molar-refractivity contribution in [3.8, 4) is 0 Å². The zero-order valence-corrected chi connectivity index (χ0v) is 15.0. The van der Waals surface area contributed by atoms with Crippen LogP contribution in [0.3, 0.4) is 0 Å². The Kier molecular flexibility index (Phi) is 5.56. The lowest BCUT2D eigenvalue weighted by Crippen LogP contribution is -2.36. The molecule has 2 aromatic rings. The van der Waals surface area contributed by atoms with Crippen LogP contribution in [0, 0.1) is 13.8 Å². The molecular weight excluding hydrogens is 312 g/mol. The standard InChI is InChI=1S/C20H26N4O/c1-15-11-16(2)13-18(12-15)23-20(21)22-14-17-3-5-19(6-4-17)24-7-9-25-10-8-24/h3-6,11-13H,7-10,14H2,1-2H3,(H3,21,22,23). The molecule has 0 atom stereocenters. The van der Waals surface area contributed by atoms with Crippen molar-refractivity contribution in [1.29, 1.82) is 0 Å². The maximum Gasteiger partial charge on any atom is 0.193 e. The minimum Gasteiger partial charge on any atom is -0.378 e. The van der Waals surface area contributed by atoms with Crippen LogP contribution >= 0.6 is 0 Å². The van der Waals surface area contributed by atoms with Crippen LogP contribution in [0.5, 0.6) is 0 Å². The number of hydrogen-bond donors (Lipinski definition) is 2. The van der Waals surface area contributed by atoms with Gasteiger partial charge in [0, 0.05) is 24.5 Å². The highest BCUT2D eigenvalue weighted by atomic mass is 16.5. The van der Waals surface area contributed by atoms with Crippen LogP contribution in [-0.2, 0) is 11.3 Å². The molecule has 132 valence electrons. The first kappa shape index (κ1) is 17.3. The van der Waals surface area contributed by atoms with E-state index in [9.17, 15) is 0 Å². The van der Waals surface area contributed by atoms with E-state index in [1.807, 2.05) is 0 Å². The molecule has 25 heavy (non-hydrogen) atoms. The van der Waals surface area contributed by atoms with Crippen molar-refractivity contribution in [3.05, 3.63) is 59.2 Å². The number of anilines is 2. The van der Waals surface area contributed by atoms with Gasteiger partial charge in [-0.15, -0.1) is 0 Å². The normalized spacial score (nSPS) is 15.3. The van der Waals surface area contributed by atoms with Crippen molar-refractivity contribution in [3.63, 3.8) is 0 Å². The van der Waals surface area contributed by atoms with Crippen molar-refractivity contribution in [1.82, 2.24) is 0 Å². The largest absolute Gasteiger partial charge is 0.378 e. The number of rotatable bonds is 4. The number of ether oxygens (including phenoxy) is 1. The van der Waals surface area contributed by atoms with Crippen LogP contribution in [0.25, 0.3) is 0 Å². The zero-order chi connectivity index (χ0) is 17.6. The minimum absolute atomic E-state index is 0.433. The van der Waals surface area contributed by atoms with Crippen molar-refractivity contribution in [2.75, 3.05) is 36.5 Å². The van der Waals surface area contributed by atoms with Gasteiger partial charge in [-0.25, -0.2) is 4.99 Å². The van der Waals surface area contributed by atoms with Crippen LogP contribution in [-0.4, -0.2) is 32.3 Å². The summed E-state index contributed by atoms with van der Waals surface area (Å²) in [5.74, 6) is 0.433. The molecule has 2 aromatic carbocycles. The van der Waals surface area contributed by atoms with Crippen molar-refractivity contribution in [2.24, 2.45) is 10.7 Å². The summed E-state index contributed by atoms with van der Waals surface area (Å²) in [6.45, 7) is 8.20. The summed E-state index contributed by atoms with van der Waals surface area (Å²) in [5.41, 5.74) is 11.8. The monoisotopic (exact) mass is 338 g/mol. The van der Waals surface area contributed by atoms with E-state index in [-0.39, 0.29) is 0 Å². The molecule has 0 saturated carbocycles. The lowest BCUT2D eigenvalue weighted by Gasteiger charge is -2.28. The molecule has 5 nitrogen and oxygen atoms in total. The summed E-state index contributed by atoms with van der Waals surface area (Å²) in [4.78, 5) is 6.78. The Hall–Kier alpha value is -2.53. The van der Waals surface area contributed by atoms with E-state index in [0.717, 1.165) is 37.6 Å². The van der Waals surface area contributed by atoms with Gasteiger partial charge in [0.05, 0.1) is 19.8 Å². The molecule has 0 radical (unpaired) electrons. The molecule has 1 heterocycles. The first-order chi connectivity index (χ1) is 12.1. The van der Waals surface area contributed by atoms with Gasteiger partial charge >= 0.3 is 0 Å². The van der Waals surface area contributed by atoms with Gasteiger partial charge in [-0.1, -0.05) is 18.2 Å². The van der Waals surface area contributed by atoms with E-state index < -0.39 is 0 Å². The molecule has 3 N–H and O–H groups in total. The van der Waals surface area contributed by atoms with Crippen molar-refractivity contribution < 1.29 is 4.74 Å². The van der Waals surface area contributed by atoms with Crippen LogP contribution in [0.4, 0.5) is 11.4 Å². The number of aryl methyl sites for hydroxylation is 2. The van der Waals surface area contributed by atoms with E-state index in [2.05, 4.69) is 71.5 Å². The fraction of sp³-hybridized carbons (Fsp3) is 0.350. The first-order valence-corrected chi connectivity index (χ1v) is 8.67. The Morgan fingerprint density at radius 1 is 1.08 bits per heavy atom. The van der Waals surface area contributed by atoms with Gasteiger partial charge in [-0.05, 0) is 54.8 Å². The third kappa shape index (κ3) is 4.97. The quantitative estimate of drug-likeness (QED) is 0.664. The third-order valence-electron chi connectivity index (χ3n) is 4.24. The van der Waals surface area contributed by atoms with Crippen LogP contribution in [0.15, 0.2) is 47.5 Å². The Balaban J connectivity index is 1.58. The fourth-order valence-electron chi connectivity index (χ4n) is 3.04. The number of nitrogens with one attached hydrogen (secondary N) is 1. The van der Waals surface area contributed by atoms with Crippen LogP contribution in [0.2, 0.25) is 0 Å². The number of nitrogens with zero attached hydrogens (tertiary/aromatic N) is 2.